The Morgan fingerprint density at radius 3 is 2.57 bits per heavy atom. The second-order valence-corrected chi connectivity index (χ2v) is 10.1. The fourth-order valence-electron chi connectivity index (χ4n) is 5.20. The standard InChI is InChI=1S/C32H31N7O3/c1-3-22-10-13-29-25(16-22)17-28(32(40)34-29)30(31-35-36-37-39(31)21-27-7-5-15-42-27)38(20-24-6-4-14-33-18-24)19-23-8-11-26(41-2)12-9-23/h4-18,30H,3,19-21H2,1-2H3,(H,34,40)/t30-/m1/s1. The number of benzene rings is 2. The van der Waals surface area contributed by atoms with E-state index in [1.165, 1.54) is 5.56 Å². The first-order valence-electron chi connectivity index (χ1n) is 13.8. The molecule has 6 aromatic rings. The molecule has 0 saturated carbocycles. The van der Waals surface area contributed by atoms with Crippen LogP contribution in [0.3, 0.4) is 0 Å². The maximum Gasteiger partial charge on any atom is 0.253 e. The van der Waals surface area contributed by atoms with Crippen LogP contribution in [0.2, 0.25) is 0 Å². The molecule has 0 spiro atoms. The average Bonchev–Trinajstić information content (AvgIpc) is 3.71. The van der Waals surface area contributed by atoms with E-state index in [4.69, 9.17) is 9.15 Å². The quantitative estimate of drug-likeness (QED) is 0.237. The molecule has 0 saturated heterocycles. The second kappa shape index (κ2) is 12.2. The van der Waals surface area contributed by atoms with Gasteiger partial charge >= 0.3 is 0 Å². The zero-order chi connectivity index (χ0) is 28.9. The van der Waals surface area contributed by atoms with Gasteiger partial charge in [0.2, 0.25) is 0 Å². The predicted octanol–water partition coefficient (Wildman–Crippen LogP) is 4.91. The minimum absolute atomic E-state index is 0.199. The summed E-state index contributed by atoms with van der Waals surface area (Å²) in [6.45, 7) is 3.43. The molecule has 42 heavy (non-hydrogen) atoms. The number of H-pyrrole nitrogens is 1. The SMILES string of the molecule is CCc1ccc2[nH]c(=O)c([C@H](c3nnnn3Cc3ccco3)N(Cc3ccc(OC)cc3)Cc3cccnc3)cc2c1. The van der Waals surface area contributed by atoms with Crippen molar-refractivity contribution in [3.63, 3.8) is 0 Å². The molecule has 6 rings (SSSR count). The van der Waals surface area contributed by atoms with Gasteiger partial charge in [-0.2, -0.15) is 0 Å². The first-order valence-corrected chi connectivity index (χ1v) is 13.8. The first kappa shape index (κ1) is 27.1. The Kier molecular flexibility index (Phi) is 7.87. The number of ether oxygens (including phenoxy) is 1. The Hall–Kier alpha value is -5.09. The van der Waals surface area contributed by atoms with E-state index >= 15 is 0 Å². The number of fused-ring (bicyclic) bond motifs is 1. The molecule has 2 aromatic carbocycles. The summed E-state index contributed by atoms with van der Waals surface area (Å²) in [5, 5.41) is 13.8. The second-order valence-electron chi connectivity index (χ2n) is 10.1. The summed E-state index contributed by atoms with van der Waals surface area (Å²) < 4.78 is 12.7. The molecule has 0 amide bonds. The molecule has 0 radical (unpaired) electrons. The van der Waals surface area contributed by atoms with E-state index in [1.54, 1.807) is 24.3 Å². The number of methoxy groups -OCH3 is 1. The monoisotopic (exact) mass is 561 g/mol. The van der Waals surface area contributed by atoms with Crippen molar-refractivity contribution >= 4 is 10.9 Å². The van der Waals surface area contributed by atoms with Gasteiger partial charge in [-0.3, -0.25) is 14.7 Å². The Morgan fingerprint density at radius 2 is 1.83 bits per heavy atom. The van der Waals surface area contributed by atoms with Crippen LogP contribution in [0.1, 0.15) is 46.8 Å². The van der Waals surface area contributed by atoms with Crippen molar-refractivity contribution in [1.82, 2.24) is 35.1 Å². The molecule has 0 aliphatic carbocycles. The number of tetrazole rings is 1. The van der Waals surface area contributed by atoms with Gasteiger partial charge < -0.3 is 14.1 Å². The third-order valence-corrected chi connectivity index (χ3v) is 7.35. The topological polar surface area (TPSA) is 115 Å². The third kappa shape index (κ3) is 5.84. The smallest absolute Gasteiger partial charge is 0.253 e. The number of pyridine rings is 2. The molecular weight excluding hydrogens is 530 g/mol. The number of hydrogen-bond donors (Lipinski definition) is 1. The van der Waals surface area contributed by atoms with Gasteiger partial charge in [0, 0.05) is 36.6 Å². The number of hydrogen-bond acceptors (Lipinski definition) is 8. The minimum Gasteiger partial charge on any atom is -0.497 e. The molecule has 0 aliphatic rings. The van der Waals surface area contributed by atoms with Gasteiger partial charge in [0.25, 0.3) is 5.56 Å². The van der Waals surface area contributed by atoms with E-state index in [-0.39, 0.29) is 5.56 Å². The highest BCUT2D eigenvalue weighted by Gasteiger charge is 2.31. The summed E-state index contributed by atoms with van der Waals surface area (Å²) in [6, 6.07) is 23.0. The fraction of sp³-hybridized carbons (Fsp3) is 0.219. The van der Waals surface area contributed by atoms with Gasteiger partial charge in [0.05, 0.1) is 13.4 Å². The molecule has 0 fully saturated rings. The summed E-state index contributed by atoms with van der Waals surface area (Å²) in [6.07, 6.45) is 6.09. The van der Waals surface area contributed by atoms with Crippen molar-refractivity contribution in [3.05, 3.63) is 136 Å². The number of nitrogens with zero attached hydrogens (tertiary/aromatic N) is 6. The van der Waals surface area contributed by atoms with Crippen molar-refractivity contribution in [3.8, 4) is 5.75 Å². The highest BCUT2D eigenvalue weighted by Crippen LogP contribution is 2.31. The molecule has 0 aliphatic heterocycles. The van der Waals surface area contributed by atoms with Crippen LogP contribution in [0.5, 0.6) is 5.75 Å². The Balaban J connectivity index is 1.52. The van der Waals surface area contributed by atoms with Gasteiger partial charge in [-0.15, -0.1) is 5.10 Å². The lowest BCUT2D eigenvalue weighted by Gasteiger charge is -2.31. The van der Waals surface area contributed by atoms with E-state index in [1.807, 2.05) is 72.9 Å². The van der Waals surface area contributed by atoms with E-state index in [0.717, 1.165) is 34.2 Å². The fourth-order valence-corrected chi connectivity index (χ4v) is 5.20. The molecular formula is C32H31N7O3. The molecule has 4 heterocycles. The number of nitrogens with one attached hydrogen (secondary N) is 1. The molecule has 4 aromatic heterocycles. The van der Waals surface area contributed by atoms with Crippen LogP contribution < -0.4 is 10.3 Å². The molecule has 1 N–H and O–H groups in total. The van der Waals surface area contributed by atoms with Crippen LogP contribution in [0.4, 0.5) is 0 Å². The Bertz CT molecular complexity index is 1810. The summed E-state index contributed by atoms with van der Waals surface area (Å²) in [4.78, 5) is 23.5. The third-order valence-electron chi connectivity index (χ3n) is 7.35. The van der Waals surface area contributed by atoms with Crippen LogP contribution in [-0.4, -0.2) is 42.2 Å². The lowest BCUT2D eigenvalue weighted by molar-refractivity contribution is 0.193. The minimum atomic E-state index is -0.601. The van der Waals surface area contributed by atoms with Crippen LogP contribution >= 0.6 is 0 Å². The lowest BCUT2D eigenvalue weighted by atomic mass is 10.0. The summed E-state index contributed by atoms with van der Waals surface area (Å²) in [7, 11) is 1.65. The van der Waals surface area contributed by atoms with Crippen LogP contribution in [-0.2, 0) is 26.1 Å². The summed E-state index contributed by atoms with van der Waals surface area (Å²) in [5.41, 5.74) is 4.35. The van der Waals surface area contributed by atoms with E-state index in [0.29, 0.717) is 36.8 Å². The highest BCUT2D eigenvalue weighted by atomic mass is 16.5. The lowest BCUT2D eigenvalue weighted by Crippen LogP contribution is -2.35. The molecule has 10 nitrogen and oxygen atoms in total. The molecule has 10 heteroatoms. The summed E-state index contributed by atoms with van der Waals surface area (Å²) >= 11 is 0. The van der Waals surface area contributed by atoms with Crippen molar-refractivity contribution in [2.24, 2.45) is 0 Å². The number of aromatic nitrogens is 6. The predicted molar refractivity (Wildman–Crippen MR) is 158 cm³/mol. The number of rotatable bonds is 11. The van der Waals surface area contributed by atoms with Crippen molar-refractivity contribution in [1.29, 1.82) is 0 Å². The van der Waals surface area contributed by atoms with Gasteiger partial charge in [-0.1, -0.05) is 31.2 Å². The molecule has 0 bridgehead atoms. The van der Waals surface area contributed by atoms with Crippen LogP contribution in [0.15, 0.2) is 101 Å². The van der Waals surface area contributed by atoms with Crippen molar-refractivity contribution < 1.29 is 9.15 Å². The van der Waals surface area contributed by atoms with Gasteiger partial charge in [-0.05, 0) is 87.5 Å². The van der Waals surface area contributed by atoms with Gasteiger partial charge in [0.15, 0.2) is 5.82 Å². The van der Waals surface area contributed by atoms with Crippen LogP contribution in [0, 0.1) is 0 Å². The maximum atomic E-state index is 13.8. The zero-order valence-corrected chi connectivity index (χ0v) is 23.5. The number of aryl methyl sites for hydroxylation is 1. The first-order chi connectivity index (χ1) is 20.6. The van der Waals surface area contributed by atoms with Crippen molar-refractivity contribution in [2.45, 2.75) is 39.0 Å². The zero-order valence-electron chi connectivity index (χ0n) is 23.5. The maximum absolute atomic E-state index is 13.8. The normalized spacial score (nSPS) is 12.2. The molecule has 212 valence electrons. The highest BCUT2D eigenvalue weighted by molar-refractivity contribution is 5.80. The number of furan rings is 1. The van der Waals surface area contributed by atoms with E-state index in [2.05, 4.69) is 43.4 Å². The molecule has 0 unspecified atom stereocenters. The van der Waals surface area contributed by atoms with Crippen LogP contribution in [0.25, 0.3) is 10.9 Å². The van der Waals surface area contributed by atoms with Gasteiger partial charge in [0.1, 0.15) is 24.1 Å². The largest absolute Gasteiger partial charge is 0.497 e. The number of aromatic amines is 1. The average molecular weight is 562 g/mol. The van der Waals surface area contributed by atoms with E-state index < -0.39 is 6.04 Å². The van der Waals surface area contributed by atoms with Crippen molar-refractivity contribution in [2.75, 3.05) is 7.11 Å². The molecule has 1 atom stereocenters. The Morgan fingerprint density at radius 1 is 1.00 bits per heavy atom. The Labute approximate surface area is 242 Å². The summed E-state index contributed by atoms with van der Waals surface area (Å²) in [5.74, 6) is 2.01. The van der Waals surface area contributed by atoms with E-state index in [9.17, 15) is 4.79 Å². The van der Waals surface area contributed by atoms with Gasteiger partial charge in [-0.25, -0.2) is 4.68 Å².